The molecule has 0 radical (unpaired) electrons. The largest absolute Gasteiger partial charge is 0.391 e. The van der Waals surface area contributed by atoms with Crippen LogP contribution in [0.2, 0.25) is 0 Å². The van der Waals surface area contributed by atoms with E-state index in [1.165, 1.54) is 6.26 Å². The van der Waals surface area contributed by atoms with E-state index in [0.717, 1.165) is 43.6 Å². The third-order valence-electron chi connectivity index (χ3n) is 6.01. The van der Waals surface area contributed by atoms with Gasteiger partial charge < -0.3 is 5.11 Å². The molecule has 1 aromatic heterocycles. The first-order valence-electron chi connectivity index (χ1n) is 9.50. The van der Waals surface area contributed by atoms with Gasteiger partial charge in [0.05, 0.1) is 23.2 Å². The fourth-order valence-electron chi connectivity index (χ4n) is 4.63. The molecule has 27 heavy (non-hydrogen) atoms. The lowest BCUT2D eigenvalue weighted by Crippen LogP contribution is -2.36. The zero-order valence-corrected chi connectivity index (χ0v) is 16.6. The summed E-state index contributed by atoms with van der Waals surface area (Å²) in [4.78, 5) is 2.79. The van der Waals surface area contributed by atoms with E-state index < -0.39 is 9.84 Å². The van der Waals surface area contributed by atoms with Crippen LogP contribution in [-0.4, -0.2) is 53.7 Å². The van der Waals surface area contributed by atoms with E-state index in [1.54, 1.807) is 12.1 Å². The van der Waals surface area contributed by atoms with Gasteiger partial charge in [-0.2, -0.15) is 5.10 Å². The minimum atomic E-state index is -3.15. The molecule has 2 heterocycles. The lowest BCUT2D eigenvalue weighted by molar-refractivity contribution is 0.0306. The molecule has 1 saturated carbocycles. The van der Waals surface area contributed by atoms with Crippen molar-refractivity contribution in [2.45, 2.75) is 43.4 Å². The van der Waals surface area contributed by atoms with Crippen molar-refractivity contribution in [3.63, 3.8) is 0 Å². The molecule has 1 aromatic carbocycles. The monoisotopic (exact) mass is 389 g/mol. The Hall–Kier alpha value is -1.70. The molecule has 2 fully saturated rings. The number of hydrogen-bond donors (Lipinski definition) is 1. The van der Waals surface area contributed by atoms with Crippen LogP contribution in [0.25, 0.3) is 0 Å². The lowest BCUT2D eigenvalue weighted by atomic mass is 9.77. The number of sulfone groups is 1. The highest BCUT2D eigenvalue weighted by Crippen LogP contribution is 2.41. The first-order valence-corrected chi connectivity index (χ1v) is 11.4. The molecule has 4 rings (SSSR count). The zero-order chi connectivity index (χ0) is 19.2. The van der Waals surface area contributed by atoms with E-state index in [-0.39, 0.29) is 12.1 Å². The Balaban J connectivity index is 1.41. The molecule has 1 aliphatic carbocycles. The van der Waals surface area contributed by atoms with Crippen LogP contribution in [0.15, 0.2) is 41.6 Å². The average Bonchev–Trinajstić information content (AvgIpc) is 3.19. The molecule has 2 aromatic rings. The number of likely N-dealkylation sites (tertiary alicyclic amines) is 1. The second kappa shape index (κ2) is 7.04. The first kappa shape index (κ1) is 18.7. The van der Waals surface area contributed by atoms with Crippen LogP contribution in [0.3, 0.4) is 0 Å². The summed E-state index contributed by atoms with van der Waals surface area (Å²) in [6, 6.07) is 7.25. The van der Waals surface area contributed by atoms with Crippen LogP contribution in [0.4, 0.5) is 0 Å². The number of nitrogens with zero attached hydrogens (tertiary/aromatic N) is 3. The Bertz CT molecular complexity index is 907. The first-order chi connectivity index (χ1) is 12.8. The van der Waals surface area contributed by atoms with Gasteiger partial charge in [0.15, 0.2) is 9.84 Å². The highest BCUT2D eigenvalue weighted by Gasteiger charge is 2.42. The van der Waals surface area contributed by atoms with E-state index in [1.807, 2.05) is 36.1 Å². The Morgan fingerprint density at radius 3 is 2.41 bits per heavy atom. The summed E-state index contributed by atoms with van der Waals surface area (Å²) < 4.78 is 25.1. The molecule has 0 spiro atoms. The molecule has 0 bridgehead atoms. The number of fused-ring (bicyclic) bond motifs is 1. The van der Waals surface area contributed by atoms with Gasteiger partial charge in [0.1, 0.15) is 0 Å². The number of aromatic nitrogens is 2. The molecule has 0 unspecified atom stereocenters. The highest BCUT2D eigenvalue weighted by molar-refractivity contribution is 7.90. The third-order valence-corrected chi connectivity index (χ3v) is 7.14. The van der Waals surface area contributed by atoms with Gasteiger partial charge in [-0.1, -0.05) is 12.1 Å². The van der Waals surface area contributed by atoms with Crippen molar-refractivity contribution in [2.75, 3.05) is 19.3 Å². The Morgan fingerprint density at radius 2 is 1.81 bits per heavy atom. The third kappa shape index (κ3) is 3.95. The summed E-state index contributed by atoms with van der Waals surface area (Å²) in [6.07, 6.45) is 6.52. The van der Waals surface area contributed by atoms with Crippen LogP contribution < -0.4 is 0 Å². The van der Waals surface area contributed by atoms with Crippen LogP contribution in [0.5, 0.6) is 0 Å². The number of benzene rings is 1. The number of aryl methyl sites for hydroxylation is 1. The summed E-state index contributed by atoms with van der Waals surface area (Å²) in [5.74, 6) is 1.08. The Kier molecular flexibility index (Phi) is 4.86. The van der Waals surface area contributed by atoms with E-state index >= 15 is 0 Å². The number of aliphatic hydroxyl groups excluding tert-OH is 1. The summed E-state index contributed by atoms with van der Waals surface area (Å²) in [6.45, 7) is 4.84. The molecule has 146 valence electrons. The normalized spacial score (nSPS) is 29.0. The minimum Gasteiger partial charge on any atom is -0.391 e. The van der Waals surface area contributed by atoms with Crippen molar-refractivity contribution in [3.05, 3.63) is 47.8 Å². The quantitative estimate of drug-likeness (QED) is 0.866. The average molecular weight is 390 g/mol. The maximum atomic E-state index is 11.6. The summed E-state index contributed by atoms with van der Waals surface area (Å²) in [7, 11) is -3.15. The van der Waals surface area contributed by atoms with Crippen LogP contribution >= 0.6 is 0 Å². The van der Waals surface area contributed by atoms with Gasteiger partial charge in [-0.3, -0.25) is 9.58 Å². The predicted octanol–water partition coefficient (Wildman–Crippen LogP) is 2.04. The number of rotatable bonds is 4. The van der Waals surface area contributed by atoms with Crippen LogP contribution in [0, 0.1) is 18.8 Å². The fraction of sp³-hybridized carbons (Fsp3) is 0.550. The van der Waals surface area contributed by atoms with Crippen molar-refractivity contribution >= 4 is 9.84 Å². The molecule has 1 N–H and O–H groups in total. The predicted molar refractivity (Wildman–Crippen MR) is 103 cm³/mol. The second-order valence-electron chi connectivity index (χ2n) is 8.23. The van der Waals surface area contributed by atoms with Crippen molar-refractivity contribution < 1.29 is 13.5 Å². The lowest BCUT2D eigenvalue weighted by Gasteiger charge is -2.35. The zero-order valence-electron chi connectivity index (χ0n) is 15.8. The fourth-order valence-corrected chi connectivity index (χ4v) is 5.26. The van der Waals surface area contributed by atoms with E-state index in [4.69, 9.17) is 0 Å². The molecule has 2 aliphatic rings. The molecule has 6 nitrogen and oxygen atoms in total. The van der Waals surface area contributed by atoms with Crippen molar-refractivity contribution in [3.8, 4) is 0 Å². The Labute approximate surface area is 160 Å². The molecular weight excluding hydrogens is 362 g/mol. The van der Waals surface area contributed by atoms with E-state index in [0.29, 0.717) is 16.7 Å². The van der Waals surface area contributed by atoms with Crippen molar-refractivity contribution in [1.82, 2.24) is 14.7 Å². The topological polar surface area (TPSA) is 75.4 Å². The molecule has 7 heteroatoms. The van der Waals surface area contributed by atoms with Crippen LogP contribution in [0.1, 0.15) is 30.0 Å². The summed E-state index contributed by atoms with van der Waals surface area (Å²) >= 11 is 0. The smallest absolute Gasteiger partial charge is 0.175 e. The maximum absolute atomic E-state index is 11.6. The molecule has 0 amide bonds. The van der Waals surface area contributed by atoms with Gasteiger partial charge >= 0.3 is 0 Å². The minimum absolute atomic E-state index is 0.0638. The van der Waals surface area contributed by atoms with Gasteiger partial charge in [0.2, 0.25) is 0 Å². The number of hydrogen-bond acceptors (Lipinski definition) is 5. The van der Waals surface area contributed by atoms with Gasteiger partial charge in [0.25, 0.3) is 0 Å². The summed E-state index contributed by atoms with van der Waals surface area (Å²) in [5.41, 5.74) is 2.25. The molecule has 1 saturated heterocycles. The van der Waals surface area contributed by atoms with E-state index in [9.17, 15) is 13.5 Å². The van der Waals surface area contributed by atoms with Gasteiger partial charge in [-0.25, -0.2) is 8.42 Å². The highest BCUT2D eigenvalue weighted by atomic mass is 32.2. The molecule has 1 aliphatic heterocycles. The molecular formula is C20H27N3O3S. The summed E-state index contributed by atoms with van der Waals surface area (Å²) in [5, 5.41) is 15.0. The Morgan fingerprint density at radius 1 is 1.15 bits per heavy atom. The van der Waals surface area contributed by atoms with Crippen molar-refractivity contribution in [2.24, 2.45) is 11.8 Å². The van der Waals surface area contributed by atoms with Gasteiger partial charge in [-0.15, -0.1) is 0 Å². The van der Waals surface area contributed by atoms with Crippen molar-refractivity contribution in [1.29, 1.82) is 0 Å². The van der Waals surface area contributed by atoms with E-state index in [2.05, 4.69) is 10.00 Å². The SMILES string of the molecule is Cc1cnn([C@H]2C[C@H]3CN(Cc4ccc(S(C)(=O)=O)cc4)C[C@H]3C[C@@H]2O)c1. The molecule has 4 atom stereocenters. The van der Waals surface area contributed by atoms with Gasteiger partial charge in [-0.05, 0) is 54.9 Å². The maximum Gasteiger partial charge on any atom is 0.175 e. The van der Waals surface area contributed by atoms with Gasteiger partial charge in [0, 0.05) is 32.1 Å². The second-order valence-corrected chi connectivity index (χ2v) is 10.2. The number of aliphatic hydroxyl groups is 1. The standard InChI is InChI=1S/C20H27N3O3S/c1-14-9-21-23(10-14)19-7-16-12-22(13-17(16)8-20(19)24)11-15-3-5-18(6-4-15)27(2,25)26/h3-6,9-10,16-17,19-20,24H,7-8,11-13H2,1-2H3/t16-,17+,19-,20-/m0/s1. The van der Waals surface area contributed by atoms with Crippen LogP contribution in [-0.2, 0) is 16.4 Å².